The van der Waals surface area contributed by atoms with E-state index in [1.807, 2.05) is 31.2 Å². The molecule has 0 spiro atoms. The van der Waals surface area contributed by atoms with Crippen LogP contribution in [0, 0.1) is 0 Å². The third kappa shape index (κ3) is 6.72. The molecule has 0 aliphatic rings. The molecule has 0 bridgehead atoms. The summed E-state index contributed by atoms with van der Waals surface area (Å²) in [6.07, 6.45) is -3.30. The smallest absolute Gasteiger partial charge is 0.371 e. The van der Waals surface area contributed by atoms with E-state index in [1.54, 1.807) is 0 Å². The fourth-order valence-electron chi connectivity index (χ4n) is 1.83. The first kappa shape index (κ1) is 17.5. The molecule has 1 rings (SSSR count). The van der Waals surface area contributed by atoms with Crippen molar-refractivity contribution >= 4 is 15.9 Å². The molecule has 0 heterocycles. The third-order valence-electron chi connectivity index (χ3n) is 2.75. The first-order valence-electron chi connectivity index (χ1n) is 6.53. The summed E-state index contributed by atoms with van der Waals surface area (Å²) in [5.41, 5.74) is 0.957. The lowest BCUT2D eigenvalue weighted by molar-refractivity contribution is -0.174. The van der Waals surface area contributed by atoms with Crippen LogP contribution in [0.2, 0.25) is 0 Å². The molecule has 6 heteroatoms. The Bertz CT molecular complexity index is 398. The van der Waals surface area contributed by atoms with E-state index in [2.05, 4.69) is 21.2 Å². The maximum atomic E-state index is 12.1. The van der Waals surface area contributed by atoms with Crippen molar-refractivity contribution < 1.29 is 17.9 Å². The second kappa shape index (κ2) is 8.64. The van der Waals surface area contributed by atoms with Crippen molar-refractivity contribution in [1.29, 1.82) is 0 Å². The molecule has 1 aromatic rings. The van der Waals surface area contributed by atoms with Crippen molar-refractivity contribution in [3.63, 3.8) is 0 Å². The van der Waals surface area contributed by atoms with Gasteiger partial charge in [-0.2, -0.15) is 13.2 Å². The molecule has 2 nitrogen and oxygen atoms in total. The molecule has 114 valence electrons. The summed E-state index contributed by atoms with van der Waals surface area (Å²) in [7, 11) is 0. The third-order valence-corrected chi connectivity index (χ3v) is 3.47. The molecule has 20 heavy (non-hydrogen) atoms. The number of benzene rings is 1. The maximum absolute atomic E-state index is 12.1. The maximum Gasteiger partial charge on any atom is 0.411 e. The molecule has 0 radical (unpaired) electrons. The molecule has 0 saturated heterocycles. The van der Waals surface area contributed by atoms with Crippen molar-refractivity contribution in [2.45, 2.75) is 25.4 Å². The number of hydrogen-bond donors (Lipinski definition) is 1. The van der Waals surface area contributed by atoms with Gasteiger partial charge in [-0.3, -0.25) is 0 Å². The quantitative estimate of drug-likeness (QED) is 0.710. The highest BCUT2D eigenvalue weighted by Gasteiger charge is 2.28. The molecule has 0 aliphatic heterocycles. The molecule has 1 unspecified atom stereocenters. The Morgan fingerprint density at radius 3 is 2.60 bits per heavy atom. The Morgan fingerprint density at radius 1 is 1.30 bits per heavy atom. The van der Waals surface area contributed by atoms with Crippen molar-refractivity contribution in [3.05, 3.63) is 34.3 Å². The van der Waals surface area contributed by atoms with Gasteiger partial charge in [0.2, 0.25) is 0 Å². The first-order valence-corrected chi connectivity index (χ1v) is 7.33. The number of halogens is 4. The lowest BCUT2D eigenvalue weighted by Gasteiger charge is -2.20. The molecule has 1 N–H and O–H groups in total. The van der Waals surface area contributed by atoms with Gasteiger partial charge in [-0.15, -0.1) is 0 Å². The summed E-state index contributed by atoms with van der Waals surface area (Å²) in [6, 6.07) is 7.53. The second-order valence-electron chi connectivity index (χ2n) is 4.55. The highest BCUT2D eigenvalue weighted by Crippen LogP contribution is 2.25. The summed E-state index contributed by atoms with van der Waals surface area (Å²) in [4.78, 5) is 0. The number of hydrogen-bond acceptors (Lipinski definition) is 2. The van der Waals surface area contributed by atoms with E-state index in [-0.39, 0.29) is 12.5 Å². The zero-order chi connectivity index (χ0) is 15.0. The van der Waals surface area contributed by atoms with E-state index in [0.717, 1.165) is 23.0 Å². The van der Waals surface area contributed by atoms with Crippen LogP contribution in [0.4, 0.5) is 13.2 Å². The first-order chi connectivity index (χ1) is 9.44. The van der Waals surface area contributed by atoms with Crippen LogP contribution in [-0.2, 0) is 4.74 Å². The summed E-state index contributed by atoms with van der Waals surface area (Å²) in [5.74, 6) is -0.112. The summed E-state index contributed by atoms with van der Waals surface area (Å²) in [5, 5.41) is 3.23. The minimum absolute atomic E-state index is 0.0405. The summed E-state index contributed by atoms with van der Waals surface area (Å²) < 4.78 is 42.1. The molecule has 0 fully saturated rings. The van der Waals surface area contributed by atoms with Crippen LogP contribution in [-0.4, -0.2) is 32.5 Å². The highest BCUT2D eigenvalue weighted by molar-refractivity contribution is 9.10. The molecule has 0 amide bonds. The predicted octanol–water partition coefficient (Wildman–Crippen LogP) is 4.11. The van der Waals surface area contributed by atoms with Crippen molar-refractivity contribution in [2.24, 2.45) is 0 Å². The van der Waals surface area contributed by atoms with Gasteiger partial charge in [0.25, 0.3) is 0 Å². The Hall–Kier alpha value is -0.590. The summed E-state index contributed by atoms with van der Waals surface area (Å²) in [6.45, 7) is 2.30. The number of alkyl halides is 3. The van der Waals surface area contributed by atoms with E-state index < -0.39 is 12.8 Å². The largest absolute Gasteiger partial charge is 0.411 e. The Balaban J connectivity index is 2.63. The van der Waals surface area contributed by atoms with Gasteiger partial charge in [-0.1, -0.05) is 41.1 Å². The minimum Gasteiger partial charge on any atom is -0.371 e. The zero-order valence-electron chi connectivity index (χ0n) is 11.3. The Labute approximate surface area is 125 Å². The van der Waals surface area contributed by atoms with Gasteiger partial charge >= 0.3 is 6.18 Å². The van der Waals surface area contributed by atoms with E-state index >= 15 is 0 Å². The van der Waals surface area contributed by atoms with Gasteiger partial charge in [-0.25, -0.2) is 0 Å². The van der Waals surface area contributed by atoms with E-state index in [9.17, 15) is 13.2 Å². The number of ether oxygens (including phenoxy) is 1. The number of nitrogens with one attached hydrogen (secondary N) is 1. The van der Waals surface area contributed by atoms with Crippen LogP contribution in [0.15, 0.2) is 28.7 Å². The summed E-state index contributed by atoms with van der Waals surface area (Å²) >= 11 is 3.43. The topological polar surface area (TPSA) is 21.3 Å². The van der Waals surface area contributed by atoms with E-state index in [1.165, 1.54) is 0 Å². The highest BCUT2D eigenvalue weighted by atomic mass is 79.9. The monoisotopic (exact) mass is 353 g/mol. The van der Waals surface area contributed by atoms with Crippen molar-refractivity contribution in [2.75, 3.05) is 26.3 Å². The van der Waals surface area contributed by atoms with Gasteiger partial charge in [0, 0.05) is 16.9 Å². The van der Waals surface area contributed by atoms with Crippen molar-refractivity contribution in [1.82, 2.24) is 5.32 Å². The van der Waals surface area contributed by atoms with E-state index in [0.29, 0.717) is 6.54 Å². The van der Waals surface area contributed by atoms with Gasteiger partial charge in [-0.05, 0) is 24.6 Å². The van der Waals surface area contributed by atoms with Crippen LogP contribution in [0.25, 0.3) is 0 Å². The second-order valence-corrected chi connectivity index (χ2v) is 5.41. The average molecular weight is 354 g/mol. The average Bonchev–Trinajstić information content (AvgIpc) is 2.37. The zero-order valence-corrected chi connectivity index (χ0v) is 12.9. The van der Waals surface area contributed by atoms with Gasteiger partial charge in [0.05, 0.1) is 6.61 Å². The standard InChI is InChI=1S/C14H19BrF3NO/c1-2-7-19-8-11(9-20-10-14(16,17)18)12-5-3-4-6-13(12)15/h3-6,11,19H,2,7-10H2,1H3. The molecule has 0 aliphatic carbocycles. The number of rotatable bonds is 8. The van der Waals surface area contributed by atoms with Gasteiger partial charge in [0.1, 0.15) is 6.61 Å². The fourth-order valence-corrected chi connectivity index (χ4v) is 2.44. The SMILES string of the molecule is CCCNCC(COCC(F)(F)F)c1ccccc1Br. The molecule has 0 aromatic heterocycles. The molecular weight excluding hydrogens is 335 g/mol. The molecular formula is C14H19BrF3NO. The normalized spacial score (nSPS) is 13.4. The lowest BCUT2D eigenvalue weighted by atomic mass is 10.00. The van der Waals surface area contributed by atoms with E-state index in [4.69, 9.17) is 4.74 Å². The van der Waals surface area contributed by atoms with Crippen LogP contribution in [0.1, 0.15) is 24.8 Å². The van der Waals surface area contributed by atoms with Crippen molar-refractivity contribution in [3.8, 4) is 0 Å². The van der Waals surface area contributed by atoms with Gasteiger partial charge in [0.15, 0.2) is 0 Å². The van der Waals surface area contributed by atoms with Crippen LogP contribution >= 0.6 is 15.9 Å². The Morgan fingerprint density at radius 2 is 2.00 bits per heavy atom. The fraction of sp³-hybridized carbons (Fsp3) is 0.571. The lowest BCUT2D eigenvalue weighted by Crippen LogP contribution is -2.27. The molecule has 1 atom stereocenters. The van der Waals surface area contributed by atoms with Gasteiger partial charge < -0.3 is 10.1 Å². The molecule has 1 aromatic carbocycles. The molecule has 0 saturated carbocycles. The minimum atomic E-state index is -4.28. The van der Waals surface area contributed by atoms with Crippen LogP contribution in [0.3, 0.4) is 0 Å². The predicted molar refractivity (Wildman–Crippen MR) is 76.9 cm³/mol. The van der Waals surface area contributed by atoms with Crippen LogP contribution < -0.4 is 5.32 Å². The van der Waals surface area contributed by atoms with Crippen LogP contribution in [0.5, 0.6) is 0 Å². The Kier molecular flexibility index (Phi) is 7.55.